The first kappa shape index (κ1) is 16.2. The second kappa shape index (κ2) is 7.17. The molecule has 2 aromatic rings. The van der Waals surface area contributed by atoms with Crippen molar-refractivity contribution in [3.8, 4) is 11.4 Å². The van der Waals surface area contributed by atoms with Gasteiger partial charge in [-0.05, 0) is 32.6 Å². The van der Waals surface area contributed by atoms with E-state index in [1.54, 1.807) is 6.20 Å². The molecule has 0 unspecified atom stereocenters. The summed E-state index contributed by atoms with van der Waals surface area (Å²) >= 11 is 0. The van der Waals surface area contributed by atoms with Crippen molar-refractivity contribution in [2.75, 3.05) is 39.1 Å². The number of anilines is 1. The van der Waals surface area contributed by atoms with E-state index in [2.05, 4.69) is 24.8 Å². The zero-order valence-electron chi connectivity index (χ0n) is 13.6. The number of hydrogen-bond acceptors (Lipinski definition) is 5. The normalized spacial score (nSPS) is 11.0. The van der Waals surface area contributed by atoms with Crippen molar-refractivity contribution in [1.29, 1.82) is 0 Å². The highest BCUT2D eigenvalue weighted by atomic mass is 16.1. The number of H-pyrrole nitrogens is 1. The van der Waals surface area contributed by atoms with Crippen molar-refractivity contribution in [3.63, 3.8) is 0 Å². The summed E-state index contributed by atoms with van der Waals surface area (Å²) in [7, 11) is 6.11. The number of nitrogens with one attached hydrogen (secondary N) is 1. The number of nitrogens with zero attached hydrogens (tertiary/aromatic N) is 4. The van der Waals surface area contributed by atoms with Crippen LogP contribution in [0.15, 0.2) is 29.2 Å². The average molecular weight is 301 g/mol. The minimum Gasteiger partial charge on any atom is -0.358 e. The quantitative estimate of drug-likeness (QED) is 0.873. The largest absolute Gasteiger partial charge is 0.358 e. The van der Waals surface area contributed by atoms with Crippen LogP contribution in [-0.4, -0.2) is 54.1 Å². The van der Waals surface area contributed by atoms with Gasteiger partial charge in [-0.25, -0.2) is 9.97 Å². The molecule has 1 N–H and O–H groups in total. The molecule has 0 aliphatic heterocycles. The maximum atomic E-state index is 11.6. The molecule has 6 heteroatoms. The summed E-state index contributed by atoms with van der Waals surface area (Å²) in [6.07, 6.45) is 2.48. The van der Waals surface area contributed by atoms with Crippen LogP contribution in [0, 0.1) is 0 Å². The Morgan fingerprint density at radius 2 is 1.95 bits per heavy atom. The predicted molar refractivity (Wildman–Crippen MR) is 89.3 cm³/mol. The maximum absolute atomic E-state index is 11.6. The highest BCUT2D eigenvalue weighted by Gasteiger charge is 2.06. The van der Waals surface area contributed by atoms with E-state index in [0.29, 0.717) is 5.82 Å². The van der Waals surface area contributed by atoms with Crippen LogP contribution in [0.5, 0.6) is 0 Å². The predicted octanol–water partition coefficient (Wildman–Crippen LogP) is 1.39. The third-order valence-electron chi connectivity index (χ3n) is 3.45. The Morgan fingerprint density at radius 3 is 2.55 bits per heavy atom. The summed E-state index contributed by atoms with van der Waals surface area (Å²) in [6.45, 7) is 3.85. The molecule has 0 aliphatic rings. The molecule has 22 heavy (non-hydrogen) atoms. The van der Waals surface area contributed by atoms with Gasteiger partial charge in [-0.2, -0.15) is 0 Å². The molecule has 0 aliphatic carbocycles. The molecule has 0 saturated heterocycles. The summed E-state index contributed by atoms with van der Waals surface area (Å²) < 4.78 is 0. The maximum Gasteiger partial charge on any atom is 0.251 e. The molecule has 118 valence electrons. The minimum absolute atomic E-state index is 0.131. The van der Waals surface area contributed by atoms with E-state index < -0.39 is 0 Å². The van der Waals surface area contributed by atoms with Gasteiger partial charge in [-0.1, -0.05) is 6.92 Å². The monoisotopic (exact) mass is 301 g/mol. The van der Waals surface area contributed by atoms with Gasteiger partial charge in [0.05, 0.1) is 0 Å². The lowest BCUT2D eigenvalue weighted by Gasteiger charge is -2.20. The first-order valence-corrected chi connectivity index (χ1v) is 7.42. The standard InChI is InChI=1S/C16H23N5O/c1-5-13-10-15(22)19-16(18-13)12-6-7-14(17-11-12)21(4)9-8-20(2)3/h6-7,10-11H,5,8-9H2,1-4H3,(H,18,19,22). The van der Waals surface area contributed by atoms with Gasteiger partial charge in [0.25, 0.3) is 5.56 Å². The van der Waals surface area contributed by atoms with Crippen LogP contribution in [0.1, 0.15) is 12.6 Å². The third kappa shape index (κ3) is 4.14. The van der Waals surface area contributed by atoms with E-state index in [0.717, 1.165) is 36.6 Å². The number of likely N-dealkylation sites (N-methyl/N-ethyl adjacent to an activating group) is 2. The Morgan fingerprint density at radius 1 is 1.18 bits per heavy atom. The molecular weight excluding hydrogens is 278 g/mol. The summed E-state index contributed by atoms with van der Waals surface area (Å²) in [6, 6.07) is 5.41. The lowest BCUT2D eigenvalue weighted by molar-refractivity contribution is 0.416. The molecule has 2 heterocycles. The Hall–Kier alpha value is -2.21. The van der Waals surface area contributed by atoms with Crippen LogP contribution >= 0.6 is 0 Å². The van der Waals surface area contributed by atoms with E-state index in [1.807, 2.05) is 40.2 Å². The summed E-state index contributed by atoms with van der Waals surface area (Å²) in [4.78, 5) is 27.5. The van der Waals surface area contributed by atoms with Crippen molar-refractivity contribution >= 4 is 5.82 Å². The SMILES string of the molecule is CCc1cc(=O)[nH]c(-c2ccc(N(C)CCN(C)C)nc2)n1. The van der Waals surface area contributed by atoms with Gasteiger partial charge in [0.15, 0.2) is 0 Å². The molecule has 0 fully saturated rings. The molecule has 0 aromatic carbocycles. The topological polar surface area (TPSA) is 65.1 Å². The number of hydrogen-bond donors (Lipinski definition) is 1. The van der Waals surface area contributed by atoms with Crippen LogP contribution in [0.2, 0.25) is 0 Å². The lowest BCUT2D eigenvalue weighted by Crippen LogP contribution is -2.28. The fourth-order valence-corrected chi connectivity index (χ4v) is 2.04. The van der Waals surface area contributed by atoms with Crippen molar-refractivity contribution in [2.24, 2.45) is 0 Å². The number of aromatic amines is 1. The summed E-state index contributed by atoms with van der Waals surface area (Å²) in [5.74, 6) is 1.47. The van der Waals surface area contributed by atoms with Gasteiger partial charge >= 0.3 is 0 Å². The van der Waals surface area contributed by atoms with E-state index in [9.17, 15) is 4.79 Å². The Balaban J connectivity index is 2.18. The van der Waals surface area contributed by atoms with Gasteiger partial charge in [-0.15, -0.1) is 0 Å². The van der Waals surface area contributed by atoms with Crippen LogP contribution in [0.25, 0.3) is 11.4 Å². The van der Waals surface area contributed by atoms with Crippen LogP contribution in [-0.2, 0) is 6.42 Å². The highest BCUT2D eigenvalue weighted by Crippen LogP contribution is 2.16. The fraction of sp³-hybridized carbons (Fsp3) is 0.438. The average Bonchev–Trinajstić information content (AvgIpc) is 2.52. The second-order valence-corrected chi connectivity index (χ2v) is 5.57. The van der Waals surface area contributed by atoms with E-state index in [1.165, 1.54) is 6.07 Å². The van der Waals surface area contributed by atoms with Gasteiger partial charge in [0.2, 0.25) is 0 Å². The van der Waals surface area contributed by atoms with Gasteiger partial charge in [0.1, 0.15) is 11.6 Å². The number of aryl methyl sites for hydroxylation is 1. The minimum atomic E-state index is -0.131. The second-order valence-electron chi connectivity index (χ2n) is 5.57. The third-order valence-corrected chi connectivity index (χ3v) is 3.45. The Kier molecular flexibility index (Phi) is 5.27. The fourth-order valence-electron chi connectivity index (χ4n) is 2.04. The highest BCUT2D eigenvalue weighted by molar-refractivity contribution is 5.56. The van der Waals surface area contributed by atoms with E-state index in [4.69, 9.17) is 0 Å². The number of aromatic nitrogens is 3. The Bertz CT molecular complexity index is 663. The first-order chi connectivity index (χ1) is 10.5. The molecule has 2 aromatic heterocycles. The smallest absolute Gasteiger partial charge is 0.251 e. The lowest BCUT2D eigenvalue weighted by atomic mass is 10.2. The van der Waals surface area contributed by atoms with Crippen molar-refractivity contribution in [1.82, 2.24) is 19.9 Å². The molecule has 0 saturated carbocycles. The number of rotatable bonds is 6. The molecule has 0 bridgehead atoms. The van der Waals surface area contributed by atoms with E-state index in [-0.39, 0.29) is 5.56 Å². The molecular formula is C16H23N5O. The zero-order chi connectivity index (χ0) is 16.1. The van der Waals surface area contributed by atoms with Gasteiger partial charge in [0, 0.05) is 43.7 Å². The van der Waals surface area contributed by atoms with E-state index >= 15 is 0 Å². The van der Waals surface area contributed by atoms with Crippen molar-refractivity contribution in [2.45, 2.75) is 13.3 Å². The van der Waals surface area contributed by atoms with Gasteiger partial charge < -0.3 is 14.8 Å². The molecule has 0 amide bonds. The number of pyridine rings is 1. The summed E-state index contributed by atoms with van der Waals surface area (Å²) in [5.41, 5.74) is 1.47. The van der Waals surface area contributed by atoms with Crippen LogP contribution < -0.4 is 10.5 Å². The summed E-state index contributed by atoms with van der Waals surface area (Å²) in [5, 5.41) is 0. The van der Waals surface area contributed by atoms with Crippen LogP contribution in [0.4, 0.5) is 5.82 Å². The molecule has 0 atom stereocenters. The molecule has 0 spiro atoms. The van der Waals surface area contributed by atoms with Gasteiger partial charge in [-0.3, -0.25) is 4.79 Å². The first-order valence-electron chi connectivity index (χ1n) is 7.42. The Labute approximate surface area is 130 Å². The molecule has 2 rings (SSSR count). The van der Waals surface area contributed by atoms with Crippen molar-refractivity contribution < 1.29 is 0 Å². The van der Waals surface area contributed by atoms with Crippen molar-refractivity contribution in [3.05, 3.63) is 40.4 Å². The molecule has 0 radical (unpaired) electrons. The molecule has 6 nitrogen and oxygen atoms in total. The van der Waals surface area contributed by atoms with Crippen LogP contribution in [0.3, 0.4) is 0 Å². The zero-order valence-corrected chi connectivity index (χ0v) is 13.6.